The lowest BCUT2D eigenvalue weighted by molar-refractivity contribution is -0.123. The van der Waals surface area contributed by atoms with Crippen molar-refractivity contribution in [3.8, 4) is 5.75 Å². The van der Waals surface area contributed by atoms with Crippen LogP contribution >= 0.6 is 15.9 Å². The Morgan fingerprint density at radius 3 is 2.59 bits per heavy atom. The van der Waals surface area contributed by atoms with E-state index >= 15 is 0 Å². The van der Waals surface area contributed by atoms with Crippen LogP contribution in [0, 0.1) is 13.8 Å². The van der Waals surface area contributed by atoms with E-state index in [1.165, 1.54) is 11.1 Å². The number of hydrogen-bond acceptors (Lipinski definition) is 2. The van der Waals surface area contributed by atoms with Gasteiger partial charge in [-0.25, -0.2) is 0 Å². The number of carbonyl (C=O) groups is 1. The standard InChI is InChI=1S/C23H24BrNO2/c1-4-20(18-10-9-15(2)16(3)13-18)25-22(26)14-27-21-12-11-17-7-5-6-8-19(17)23(21)24/h5-13,20H,4,14H2,1-3H3,(H,25,26)/t20-/m0/s1. The molecule has 4 heteroatoms. The first kappa shape index (κ1) is 19.4. The Balaban J connectivity index is 1.66. The molecule has 1 N–H and O–H groups in total. The van der Waals surface area contributed by atoms with Crippen molar-refractivity contribution in [3.05, 3.63) is 75.8 Å². The fourth-order valence-electron chi connectivity index (χ4n) is 3.11. The molecule has 0 aliphatic heterocycles. The molecule has 0 radical (unpaired) electrons. The molecule has 0 aliphatic rings. The van der Waals surface area contributed by atoms with Crippen LogP contribution in [0.15, 0.2) is 59.1 Å². The summed E-state index contributed by atoms with van der Waals surface area (Å²) < 4.78 is 6.64. The summed E-state index contributed by atoms with van der Waals surface area (Å²) in [6, 6.07) is 18.3. The predicted octanol–water partition coefficient (Wildman–Crippen LogP) is 5.87. The molecule has 3 aromatic carbocycles. The molecule has 0 fully saturated rings. The number of amides is 1. The SMILES string of the molecule is CC[C@H](NC(=O)COc1ccc2ccccc2c1Br)c1ccc(C)c(C)c1. The van der Waals surface area contributed by atoms with E-state index in [9.17, 15) is 4.79 Å². The first-order chi connectivity index (χ1) is 13.0. The maximum absolute atomic E-state index is 12.4. The van der Waals surface area contributed by atoms with E-state index in [-0.39, 0.29) is 18.6 Å². The van der Waals surface area contributed by atoms with E-state index in [1.54, 1.807) is 0 Å². The minimum absolute atomic E-state index is 0.0135. The van der Waals surface area contributed by atoms with Crippen molar-refractivity contribution in [1.29, 1.82) is 0 Å². The molecule has 3 rings (SSSR count). The molecule has 27 heavy (non-hydrogen) atoms. The zero-order chi connectivity index (χ0) is 19.4. The van der Waals surface area contributed by atoms with Gasteiger partial charge in [-0.3, -0.25) is 4.79 Å². The van der Waals surface area contributed by atoms with E-state index in [0.29, 0.717) is 5.75 Å². The number of halogens is 1. The Bertz CT molecular complexity index is 968. The summed E-state index contributed by atoms with van der Waals surface area (Å²) >= 11 is 3.59. The molecule has 1 amide bonds. The van der Waals surface area contributed by atoms with Crippen LogP contribution in [0.2, 0.25) is 0 Å². The average molecular weight is 426 g/mol. The Kier molecular flexibility index (Phi) is 6.17. The monoisotopic (exact) mass is 425 g/mol. The summed E-state index contributed by atoms with van der Waals surface area (Å²) in [5, 5.41) is 5.27. The Morgan fingerprint density at radius 1 is 1.07 bits per heavy atom. The minimum atomic E-state index is -0.125. The fourth-order valence-corrected chi connectivity index (χ4v) is 3.71. The molecule has 3 nitrogen and oxygen atoms in total. The van der Waals surface area contributed by atoms with Crippen molar-refractivity contribution in [1.82, 2.24) is 5.32 Å². The topological polar surface area (TPSA) is 38.3 Å². The van der Waals surface area contributed by atoms with Crippen molar-refractivity contribution in [2.75, 3.05) is 6.61 Å². The fraction of sp³-hybridized carbons (Fsp3) is 0.261. The van der Waals surface area contributed by atoms with Gasteiger partial charge in [0.2, 0.25) is 0 Å². The molecule has 0 aromatic heterocycles. The summed E-state index contributed by atoms with van der Waals surface area (Å²) in [6.07, 6.45) is 0.827. The molecule has 0 saturated heterocycles. The van der Waals surface area contributed by atoms with Crippen LogP contribution in [0.1, 0.15) is 36.1 Å². The highest BCUT2D eigenvalue weighted by molar-refractivity contribution is 9.10. The highest BCUT2D eigenvalue weighted by Crippen LogP contribution is 2.33. The summed E-state index contributed by atoms with van der Waals surface area (Å²) in [5.41, 5.74) is 3.61. The van der Waals surface area contributed by atoms with E-state index in [1.807, 2.05) is 36.4 Å². The molecule has 3 aromatic rings. The number of carbonyl (C=O) groups excluding carboxylic acids is 1. The van der Waals surface area contributed by atoms with Crippen molar-refractivity contribution in [2.24, 2.45) is 0 Å². The highest BCUT2D eigenvalue weighted by Gasteiger charge is 2.15. The van der Waals surface area contributed by atoms with Gasteiger partial charge in [-0.2, -0.15) is 0 Å². The van der Waals surface area contributed by atoms with Gasteiger partial charge >= 0.3 is 0 Å². The molecule has 140 valence electrons. The van der Waals surface area contributed by atoms with Crippen LogP contribution in [0.4, 0.5) is 0 Å². The molecule has 0 saturated carbocycles. The maximum atomic E-state index is 12.4. The van der Waals surface area contributed by atoms with Crippen molar-refractivity contribution >= 4 is 32.6 Å². The zero-order valence-corrected chi connectivity index (χ0v) is 17.5. The normalized spacial score (nSPS) is 12.0. The third kappa shape index (κ3) is 4.51. The van der Waals surface area contributed by atoms with Gasteiger partial charge in [0.25, 0.3) is 5.91 Å². The quantitative estimate of drug-likeness (QED) is 0.536. The molecule has 0 aliphatic carbocycles. The van der Waals surface area contributed by atoms with Gasteiger partial charge in [0.1, 0.15) is 5.75 Å². The second-order valence-corrected chi connectivity index (χ2v) is 7.55. The van der Waals surface area contributed by atoms with Gasteiger partial charge in [0, 0.05) is 0 Å². The van der Waals surface area contributed by atoms with Gasteiger partial charge in [-0.1, -0.05) is 55.5 Å². The second-order valence-electron chi connectivity index (χ2n) is 6.76. The van der Waals surface area contributed by atoms with Gasteiger partial charge in [0.15, 0.2) is 6.61 Å². The zero-order valence-electron chi connectivity index (χ0n) is 15.9. The second kappa shape index (κ2) is 8.57. The summed E-state index contributed by atoms with van der Waals surface area (Å²) in [4.78, 5) is 12.4. The third-order valence-electron chi connectivity index (χ3n) is 4.86. The average Bonchev–Trinajstić information content (AvgIpc) is 2.68. The molecular formula is C23H24BrNO2. The molecule has 0 spiro atoms. The van der Waals surface area contributed by atoms with Crippen molar-refractivity contribution in [2.45, 2.75) is 33.2 Å². The number of ether oxygens (including phenoxy) is 1. The molecule has 0 unspecified atom stereocenters. The van der Waals surface area contributed by atoms with Gasteiger partial charge in [-0.15, -0.1) is 0 Å². The predicted molar refractivity (Wildman–Crippen MR) is 114 cm³/mol. The van der Waals surface area contributed by atoms with Crippen molar-refractivity contribution in [3.63, 3.8) is 0 Å². The first-order valence-corrected chi connectivity index (χ1v) is 9.95. The number of rotatable bonds is 6. The van der Waals surface area contributed by atoms with Crippen LogP contribution in [0.5, 0.6) is 5.75 Å². The third-order valence-corrected chi connectivity index (χ3v) is 5.68. The Labute approximate surface area is 168 Å². The van der Waals surface area contributed by atoms with E-state index in [0.717, 1.165) is 27.2 Å². The largest absolute Gasteiger partial charge is 0.483 e. The number of nitrogens with one attached hydrogen (secondary N) is 1. The number of fused-ring (bicyclic) bond motifs is 1. The Hall–Kier alpha value is -2.33. The summed E-state index contributed by atoms with van der Waals surface area (Å²) in [7, 11) is 0. The Morgan fingerprint density at radius 2 is 1.85 bits per heavy atom. The highest BCUT2D eigenvalue weighted by atomic mass is 79.9. The summed E-state index contributed by atoms with van der Waals surface area (Å²) in [6.45, 7) is 6.24. The maximum Gasteiger partial charge on any atom is 0.258 e. The lowest BCUT2D eigenvalue weighted by atomic mass is 9.99. The van der Waals surface area contributed by atoms with Gasteiger partial charge < -0.3 is 10.1 Å². The number of benzene rings is 3. The lowest BCUT2D eigenvalue weighted by Gasteiger charge is -2.19. The smallest absolute Gasteiger partial charge is 0.258 e. The van der Waals surface area contributed by atoms with Gasteiger partial charge in [-0.05, 0) is 69.7 Å². The van der Waals surface area contributed by atoms with Crippen LogP contribution < -0.4 is 10.1 Å². The van der Waals surface area contributed by atoms with Crippen molar-refractivity contribution < 1.29 is 9.53 Å². The number of aryl methyl sites for hydroxylation is 2. The van der Waals surface area contributed by atoms with E-state index in [2.05, 4.69) is 60.2 Å². The molecule has 0 bridgehead atoms. The van der Waals surface area contributed by atoms with Crippen LogP contribution in [-0.4, -0.2) is 12.5 Å². The van der Waals surface area contributed by atoms with Crippen LogP contribution in [0.25, 0.3) is 10.8 Å². The van der Waals surface area contributed by atoms with Crippen LogP contribution in [-0.2, 0) is 4.79 Å². The minimum Gasteiger partial charge on any atom is -0.483 e. The van der Waals surface area contributed by atoms with E-state index in [4.69, 9.17) is 4.74 Å². The molecule has 1 atom stereocenters. The lowest BCUT2D eigenvalue weighted by Crippen LogP contribution is -2.32. The molecule has 0 heterocycles. The first-order valence-electron chi connectivity index (χ1n) is 9.16. The molecular weight excluding hydrogens is 402 g/mol. The van der Waals surface area contributed by atoms with Gasteiger partial charge in [0.05, 0.1) is 10.5 Å². The van der Waals surface area contributed by atoms with E-state index < -0.39 is 0 Å². The number of hydrogen-bond donors (Lipinski definition) is 1. The van der Waals surface area contributed by atoms with Crippen LogP contribution in [0.3, 0.4) is 0 Å². The summed E-state index contributed by atoms with van der Waals surface area (Å²) in [5.74, 6) is 0.545.